The van der Waals surface area contributed by atoms with Crippen molar-refractivity contribution in [2.45, 2.75) is 51.2 Å². The Hall–Kier alpha value is -1.88. The SMILES string of the molecule is C[C@@H]1CN(C(=O)Cc2ccc3c(c2)CCCC3)CC(C(=O)O)O1. The van der Waals surface area contributed by atoms with Crippen molar-refractivity contribution in [3.63, 3.8) is 0 Å². The van der Waals surface area contributed by atoms with Gasteiger partial charge in [0.15, 0.2) is 6.10 Å². The molecule has 1 aromatic rings. The van der Waals surface area contributed by atoms with Crippen LogP contribution in [0.1, 0.15) is 36.5 Å². The molecule has 0 saturated carbocycles. The van der Waals surface area contributed by atoms with Gasteiger partial charge in [0.2, 0.25) is 5.91 Å². The van der Waals surface area contributed by atoms with Crippen LogP contribution in [0.2, 0.25) is 0 Å². The molecule has 1 aromatic carbocycles. The largest absolute Gasteiger partial charge is 0.479 e. The first-order valence-electron chi connectivity index (χ1n) is 8.29. The lowest BCUT2D eigenvalue weighted by Gasteiger charge is -2.35. The maximum atomic E-state index is 12.5. The van der Waals surface area contributed by atoms with E-state index in [1.54, 1.807) is 11.8 Å². The first-order chi connectivity index (χ1) is 11.0. The van der Waals surface area contributed by atoms with Crippen LogP contribution < -0.4 is 0 Å². The molecule has 2 aliphatic rings. The van der Waals surface area contributed by atoms with Gasteiger partial charge in [-0.3, -0.25) is 4.79 Å². The summed E-state index contributed by atoms with van der Waals surface area (Å²) in [6.07, 6.45) is 3.83. The molecular formula is C18H23NO4. The molecule has 5 nitrogen and oxygen atoms in total. The summed E-state index contributed by atoms with van der Waals surface area (Å²) in [4.78, 5) is 25.3. The third-order valence-electron chi connectivity index (χ3n) is 4.66. The number of carbonyl (C=O) groups is 2. The van der Waals surface area contributed by atoms with Crippen LogP contribution in [0.4, 0.5) is 0 Å². The van der Waals surface area contributed by atoms with Crippen molar-refractivity contribution in [3.05, 3.63) is 34.9 Å². The molecule has 1 amide bonds. The Labute approximate surface area is 136 Å². The van der Waals surface area contributed by atoms with E-state index < -0.39 is 12.1 Å². The average molecular weight is 317 g/mol. The second kappa shape index (κ2) is 6.71. The van der Waals surface area contributed by atoms with E-state index in [1.807, 2.05) is 6.07 Å². The summed E-state index contributed by atoms with van der Waals surface area (Å²) in [5.41, 5.74) is 3.78. The Bertz CT molecular complexity index is 613. The highest BCUT2D eigenvalue weighted by Crippen LogP contribution is 2.23. The summed E-state index contributed by atoms with van der Waals surface area (Å²) in [5, 5.41) is 9.11. The van der Waals surface area contributed by atoms with Gasteiger partial charge in [-0.25, -0.2) is 4.79 Å². The van der Waals surface area contributed by atoms with Crippen molar-refractivity contribution >= 4 is 11.9 Å². The van der Waals surface area contributed by atoms with Gasteiger partial charge in [-0.1, -0.05) is 18.2 Å². The zero-order chi connectivity index (χ0) is 16.4. The fourth-order valence-corrected chi connectivity index (χ4v) is 3.47. The van der Waals surface area contributed by atoms with Gasteiger partial charge in [0.25, 0.3) is 0 Å². The first kappa shape index (κ1) is 16.0. The summed E-state index contributed by atoms with van der Waals surface area (Å²) in [6, 6.07) is 6.31. The number of ether oxygens (including phenoxy) is 1. The van der Waals surface area contributed by atoms with E-state index in [4.69, 9.17) is 9.84 Å². The number of nitrogens with zero attached hydrogens (tertiary/aromatic N) is 1. The molecule has 1 saturated heterocycles. The number of benzene rings is 1. The monoisotopic (exact) mass is 317 g/mol. The van der Waals surface area contributed by atoms with Crippen molar-refractivity contribution < 1.29 is 19.4 Å². The third kappa shape index (κ3) is 3.72. The zero-order valence-corrected chi connectivity index (χ0v) is 13.5. The van der Waals surface area contributed by atoms with Crippen LogP contribution >= 0.6 is 0 Å². The van der Waals surface area contributed by atoms with Crippen LogP contribution in [0, 0.1) is 0 Å². The molecule has 5 heteroatoms. The Morgan fingerprint density at radius 1 is 1.22 bits per heavy atom. The number of carbonyl (C=O) groups excluding carboxylic acids is 1. The fourth-order valence-electron chi connectivity index (χ4n) is 3.47. The number of carboxylic acids is 1. The Kier molecular flexibility index (Phi) is 4.66. The molecule has 0 bridgehead atoms. The highest BCUT2D eigenvalue weighted by Gasteiger charge is 2.32. The second-order valence-electron chi connectivity index (χ2n) is 6.56. The van der Waals surface area contributed by atoms with Gasteiger partial charge < -0.3 is 14.7 Å². The average Bonchev–Trinajstić information content (AvgIpc) is 2.54. The van der Waals surface area contributed by atoms with E-state index in [0.717, 1.165) is 18.4 Å². The smallest absolute Gasteiger partial charge is 0.334 e. The molecule has 2 atom stereocenters. The third-order valence-corrected chi connectivity index (χ3v) is 4.66. The van der Waals surface area contributed by atoms with Crippen molar-refractivity contribution in [1.82, 2.24) is 4.90 Å². The number of carboxylic acid groups (broad SMARTS) is 1. The minimum Gasteiger partial charge on any atom is -0.479 e. The number of amides is 1. The Morgan fingerprint density at radius 3 is 2.70 bits per heavy atom. The number of fused-ring (bicyclic) bond motifs is 1. The molecule has 124 valence electrons. The van der Waals surface area contributed by atoms with Crippen molar-refractivity contribution in [2.24, 2.45) is 0 Å². The first-order valence-corrected chi connectivity index (χ1v) is 8.29. The molecule has 1 N–H and O–H groups in total. The lowest BCUT2D eigenvalue weighted by Crippen LogP contribution is -2.52. The summed E-state index contributed by atoms with van der Waals surface area (Å²) in [7, 11) is 0. The van der Waals surface area contributed by atoms with Crippen molar-refractivity contribution in [1.29, 1.82) is 0 Å². The van der Waals surface area contributed by atoms with Crippen LogP contribution in [0.25, 0.3) is 0 Å². The highest BCUT2D eigenvalue weighted by atomic mass is 16.5. The van der Waals surface area contributed by atoms with Gasteiger partial charge in [0, 0.05) is 6.54 Å². The van der Waals surface area contributed by atoms with Crippen LogP contribution in [0.5, 0.6) is 0 Å². The van der Waals surface area contributed by atoms with E-state index in [9.17, 15) is 9.59 Å². The van der Waals surface area contributed by atoms with Crippen molar-refractivity contribution in [2.75, 3.05) is 13.1 Å². The molecule has 0 spiro atoms. The number of aryl methyl sites for hydroxylation is 2. The van der Waals surface area contributed by atoms with Crippen LogP contribution in [0.15, 0.2) is 18.2 Å². The van der Waals surface area contributed by atoms with Crippen molar-refractivity contribution in [3.8, 4) is 0 Å². The van der Waals surface area contributed by atoms with Gasteiger partial charge >= 0.3 is 5.97 Å². The highest BCUT2D eigenvalue weighted by molar-refractivity contribution is 5.80. The van der Waals surface area contributed by atoms with E-state index in [0.29, 0.717) is 13.0 Å². The number of aliphatic carboxylic acids is 1. The Balaban J connectivity index is 1.67. The molecule has 1 aliphatic carbocycles. The molecule has 3 rings (SSSR count). The second-order valence-corrected chi connectivity index (χ2v) is 6.56. The summed E-state index contributed by atoms with van der Waals surface area (Å²) in [6.45, 7) is 2.38. The van der Waals surface area contributed by atoms with Gasteiger partial charge in [-0.05, 0) is 49.3 Å². The predicted octanol–water partition coefficient (Wildman–Crippen LogP) is 1.81. The normalized spacial score (nSPS) is 24.1. The van der Waals surface area contributed by atoms with Crippen LogP contribution in [-0.2, 0) is 33.6 Å². The topological polar surface area (TPSA) is 66.8 Å². The van der Waals surface area contributed by atoms with Gasteiger partial charge in [0.1, 0.15) is 0 Å². The van der Waals surface area contributed by atoms with Crippen LogP contribution in [-0.4, -0.2) is 47.2 Å². The minimum atomic E-state index is -1.01. The van der Waals surface area contributed by atoms with E-state index in [2.05, 4.69) is 12.1 Å². The number of hydrogen-bond donors (Lipinski definition) is 1. The lowest BCUT2D eigenvalue weighted by atomic mass is 9.90. The summed E-state index contributed by atoms with van der Waals surface area (Å²) < 4.78 is 5.36. The minimum absolute atomic E-state index is 0.0258. The lowest BCUT2D eigenvalue weighted by molar-refractivity contribution is -0.166. The van der Waals surface area contributed by atoms with Gasteiger partial charge in [-0.15, -0.1) is 0 Å². The van der Waals surface area contributed by atoms with Gasteiger partial charge in [0.05, 0.1) is 19.1 Å². The Morgan fingerprint density at radius 2 is 1.96 bits per heavy atom. The molecular weight excluding hydrogens is 294 g/mol. The molecule has 1 unspecified atom stereocenters. The summed E-state index contributed by atoms with van der Waals surface area (Å²) in [5.74, 6) is -1.04. The zero-order valence-electron chi connectivity index (χ0n) is 13.5. The molecule has 0 aromatic heterocycles. The quantitative estimate of drug-likeness (QED) is 0.923. The fraction of sp³-hybridized carbons (Fsp3) is 0.556. The standard InChI is InChI=1S/C18H23NO4/c1-12-10-19(11-16(23-12)18(21)22)17(20)9-13-6-7-14-4-2-3-5-15(14)8-13/h6-8,12,16H,2-5,9-11H2,1H3,(H,21,22)/t12-,16?/m1/s1. The van der Waals surface area contributed by atoms with E-state index in [1.165, 1.54) is 24.0 Å². The molecule has 23 heavy (non-hydrogen) atoms. The summed E-state index contributed by atoms with van der Waals surface area (Å²) >= 11 is 0. The predicted molar refractivity (Wildman–Crippen MR) is 85.3 cm³/mol. The van der Waals surface area contributed by atoms with E-state index in [-0.39, 0.29) is 18.6 Å². The molecule has 1 heterocycles. The van der Waals surface area contributed by atoms with E-state index >= 15 is 0 Å². The van der Waals surface area contributed by atoms with Crippen LogP contribution in [0.3, 0.4) is 0 Å². The molecule has 1 aliphatic heterocycles. The van der Waals surface area contributed by atoms with Gasteiger partial charge in [-0.2, -0.15) is 0 Å². The molecule has 1 fully saturated rings. The number of hydrogen-bond acceptors (Lipinski definition) is 3. The number of rotatable bonds is 3. The maximum Gasteiger partial charge on any atom is 0.334 e. The molecule has 0 radical (unpaired) electrons. The number of morpholine rings is 1. The maximum absolute atomic E-state index is 12.5.